The van der Waals surface area contributed by atoms with E-state index in [1.807, 2.05) is 26.8 Å². The molecule has 0 spiro atoms. The second-order valence-corrected chi connectivity index (χ2v) is 3.93. The molecule has 1 aromatic rings. The number of nitrogens with zero attached hydrogens (tertiary/aromatic N) is 1. The van der Waals surface area contributed by atoms with E-state index >= 15 is 0 Å². The third kappa shape index (κ3) is 2.75. The van der Waals surface area contributed by atoms with Gasteiger partial charge in [0.1, 0.15) is 11.5 Å². The van der Waals surface area contributed by atoms with Crippen molar-refractivity contribution in [2.24, 2.45) is 0 Å². The maximum atomic E-state index is 11.4. The normalized spacial score (nSPS) is 12.3. The number of hydrogen-bond donors (Lipinski definition) is 1. The Labute approximate surface area is 90.3 Å². The Morgan fingerprint density at radius 1 is 1.47 bits per heavy atom. The maximum Gasteiger partial charge on any atom is 0.317 e. The van der Waals surface area contributed by atoms with Gasteiger partial charge in [-0.1, -0.05) is 0 Å². The highest BCUT2D eigenvalue weighted by molar-refractivity contribution is 5.74. The molecule has 4 heteroatoms. The van der Waals surface area contributed by atoms with Gasteiger partial charge >= 0.3 is 6.03 Å². The first-order valence-electron chi connectivity index (χ1n) is 4.96. The first kappa shape index (κ1) is 11.6. The molecule has 1 heterocycles. The molecule has 0 aliphatic heterocycles. The summed E-state index contributed by atoms with van der Waals surface area (Å²) in [6, 6.07) is 1.83. The van der Waals surface area contributed by atoms with Gasteiger partial charge in [-0.3, -0.25) is 0 Å². The standard InChI is InChI=1S/C11H18N2O2/c1-7-6-10(9(3)15-7)8(2)12-11(14)13(4)5/h6,8H,1-5H3,(H,12,14). The van der Waals surface area contributed by atoms with E-state index in [1.54, 1.807) is 14.1 Å². The zero-order valence-corrected chi connectivity index (χ0v) is 9.92. The van der Waals surface area contributed by atoms with Crippen LogP contribution in [0.5, 0.6) is 0 Å². The number of aryl methyl sites for hydroxylation is 2. The van der Waals surface area contributed by atoms with E-state index in [-0.39, 0.29) is 12.1 Å². The predicted octanol–water partition coefficient (Wildman–Crippen LogP) is 2.23. The Bertz CT molecular complexity index is 355. The average molecular weight is 210 g/mol. The van der Waals surface area contributed by atoms with Crippen molar-refractivity contribution in [1.82, 2.24) is 10.2 Å². The molecule has 15 heavy (non-hydrogen) atoms. The summed E-state index contributed by atoms with van der Waals surface area (Å²) in [4.78, 5) is 12.9. The van der Waals surface area contributed by atoms with Gasteiger partial charge in [0.15, 0.2) is 0 Å². The second-order valence-electron chi connectivity index (χ2n) is 3.93. The van der Waals surface area contributed by atoms with Crippen LogP contribution < -0.4 is 5.32 Å². The van der Waals surface area contributed by atoms with E-state index in [2.05, 4.69) is 5.32 Å². The van der Waals surface area contributed by atoms with E-state index in [0.29, 0.717) is 0 Å². The molecule has 0 saturated heterocycles. The van der Waals surface area contributed by atoms with Crippen LogP contribution in [-0.4, -0.2) is 25.0 Å². The van der Waals surface area contributed by atoms with Gasteiger partial charge in [0.05, 0.1) is 6.04 Å². The van der Waals surface area contributed by atoms with Crippen molar-refractivity contribution in [1.29, 1.82) is 0 Å². The number of carbonyl (C=O) groups excluding carboxylic acids is 1. The van der Waals surface area contributed by atoms with Crippen molar-refractivity contribution in [3.63, 3.8) is 0 Å². The quantitative estimate of drug-likeness (QED) is 0.813. The fourth-order valence-electron chi connectivity index (χ4n) is 1.47. The molecule has 1 rings (SSSR count). The van der Waals surface area contributed by atoms with Crippen LogP contribution in [0, 0.1) is 13.8 Å². The monoisotopic (exact) mass is 210 g/mol. The summed E-state index contributed by atoms with van der Waals surface area (Å²) >= 11 is 0. The lowest BCUT2D eigenvalue weighted by atomic mass is 10.1. The molecule has 4 nitrogen and oxygen atoms in total. The average Bonchev–Trinajstić information content (AvgIpc) is 2.44. The van der Waals surface area contributed by atoms with Gasteiger partial charge in [0.25, 0.3) is 0 Å². The molecule has 2 amide bonds. The topological polar surface area (TPSA) is 45.5 Å². The summed E-state index contributed by atoms with van der Waals surface area (Å²) < 4.78 is 5.41. The molecule has 0 aromatic carbocycles. The summed E-state index contributed by atoms with van der Waals surface area (Å²) in [7, 11) is 3.44. The van der Waals surface area contributed by atoms with Crippen LogP contribution in [0.3, 0.4) is 0 Å². The van der Waals surface area contributed by atoms with Crippen LogP contribution in [0.1, 0.15) is 30.0 Å². The van der Waals surface area contributed by atoms with Crippen molar-refractivity contribution in [3.05, 3.63) is 23.2 Å². The largest absolute Gasteiger partial charge is 0.466 e. The smallest absolute Gasteiger partial charge is 0.317 e. The van der Waals surface area contributed by atoms with Crippen LogP contribution in [0.15, 0.2) is 10.5 Å². The molecular weight excluding hydrogens is 192 g/mol. The Morgan fingerprint density at radius 3 is 2.47 bits per heavy atom. The maximum absolute atomic E-state index is 11.4. The van der Waals surface area contributed by atoms with E-state index in [0.717, 1.165) is 17.1 Å². The van der Waals surface area contributed by atoms with Gasteiger partial charge in [0.2, 0.25) is 0 Å². The summed E-state index contributed by atoms with van der Waals surface area (Å²) in [6.45, 7) is 5.75. The van der Waals surface area contributed by atoms with Crippen LogP contribution in [0.2, 0.25) is 0 Å². The van der Waals surface area contributed by atoms with E-state index in [4.69, 9.17) is 4.42 Å². The summed E-state index contributed by atoms with van der Waals surface area (Å²) in [5, 5.41) is 2.88. The lowest BCUT2D eigenvalue weighted by Crippen LogP contribution is -2.36. The van der Waals surface area contributed by atoms with E-state index in [1.165, 1.54) is 4.90 Å². The fourth-order valence-corrected chi connectivity index (χ4v) is 1.47. The van der Waals surface area contributed by atoms with Gasteiger partial charge in [-0.05, 0) is 26.8 Å². The molecular formula is C11H18N2O2. The Balaban J connectivity index is 2.73. The van der Waals surface area contributed by atoms with Gasteiger partial charge in [-0.15, -0.1) is 0 Å². The van der Waals surface area contributed by atoms with Gasteiger partial charge in [-0.2, -0.15) is 0 Å². The minimum atomic E-state index is -0.0965. The lowest BCUT2D eigenvalue weighted by Gasteiger charge is -2.17. The second kappa shape index (κ2) is 4.38. The van der Waals surface area contributed by atoms with Gasteiger partial charge < -0.3 is 14.6 Å². The number of nitrogens with one attached hydrogen (secondary N) is 1. The number of hydrogen-bond acceptors (Lipinski definition) is 2. The van der Waals surface area contributed by atoms with Crippen LogP contribution in [0.25, 0.3) is 0 Å². The third-order valence-corrected chi connectivity index (χ3v) is 2.29. The molecule has 84 valence electrons. The number of furan rings is 1. The summed E-state index contributed by atoms with van der Waals surface area (Å²) in [5.74, 6) is 1.73. The highest BCUT2D eigenvalue weighted by Crippen LogP contribution is 2.21. The molecule has 0 aliphatic rings. The molecule has 0 radical (unpaired) electrons. The molecule has 1 N–H and O–H groups in total. The lowest BCUT2D eigenvalue weighted by molar-refractivity contribution is 0.214. The Hall–Kier alpha value is -1.45. The van der Waals surface area contributed by atoms with Crippen LogP contribution >= 0.6 is 0 Å². The van der Waals surface area contributed by atoms with Crippen LogP contribution in [0.4, 0.5) is 4.79 Å². The molecule has 1 aromatic heterocycles. The highest BCUT2D eigenvalue weighted by Gasteiger charge is 2.15. The third-order valence-electron chi connectivity index (χ3n) is 2.29. The minimum Gasteiger partial charge on any atom is -0.466 e. The van der Waals surface area contributed by atoms with Crippen molar-refractivity contribution in [2.75, 3.05) is 14.1 Å². The molecule has 0 bridgehead atoms. The van der Waals surface area contributed by atoms with Crippen molar-refractivity contribution < 1.29 is 9.21 Å². The molecule has 1 atom stereocenters. The van der Waals surface area contributed by atoms with Crippen molar-refractivity contribution >= 4 is 6.03 Å². The first-order chi connectivity index (χ1) is 6.91. The summed E-state index contributed by atoms with van der Waals surface area (Å²) in [6.07, 6.45) is 0. The zero-order valence-electron chi connectivity index (χ0n) is 9.92. The van der Waals surface area contributed by atoms with Gasteiger partial charge in [0, 0.05) is 19.7 Å². The molecule has 0 saturated carbocycles. The first-order valence-corrected chi connectivity index (χ1v) is 4.96. The Kier molecular flexibility index (Phi) is 3.39. The van der Waals surface area contributed by atoms with Crippen molar-refractivity contribution in [3.8, 4) is 0 Å². The minimum absolute atomic E-state index is 0.0302. The number of carbonyl (C=O) groups is 1. The highest BCUT2D eigenvalue weighted by atomic mass is 16.3. The van der Waals surface area contributed by atoms with E-state index < -0.39 is 0 Å². The molecule has 0 fully saturated rings. The summed E-state index contributed by atoms with van der Waals surface area (Å²) in [5.41, 5.74) is 1.03. The zero-order chi connectivity index (χ0) is 11.6. The van der Waals surface area contributed by atoms with Crippen LogP contribution in [-0.2, 0) is 0 Å². The fraction of sp³-hybridized carbons (Fsp3) is 0.545. The molecule has 0 aliphatic carbocycles. The van der Waals surface area contributed by atoms with E-state index in [9.17, 15) is 4.79 Å². The predicted molar refractivity (Wildman–Crippen MR) is 58.8 cm³/mol. The molecule has 1 unspecified atom stereocenters. The van der Waals surface area contributed by atoms with Gasteiger partial charge in [-0.25, -0.2) is 4.79 Å². The Morgan fingerprint density at radius 2 is 2.07 bits per heavy atom. The van der Waals surface area contributed by atoms with Crippen molar-refractivity contribution in [2.45, 2.75) is 26.8 Å². The SMILES string of the molecule is Cc1cc(C(C)NC(=O)N(C)C)c(C)o1. The number of amides is 2. The number of rotatable bonds is 2. The number of urea groups is 1.